The summed E-state index contributed by atoms with van der Waals surface area (Å²) in [5.41, 5.74) is 0.691. The lowest BCUT2D eigenvalue weighted by Gasteiger charge is -2.09. The number of halogens is 1. The van der Waals surface area contributed by atoms with E-state index in [1.807, 2.05) is 0 Å². The van der Waals surface area contributed by atoms with Gasteiger partial charge in [-0.3, -0.25) is 9.52 Å². The number of pyridine rings is 1. The van der Waals surface area contributed by atoms with Crippen LogP contribution in [0.3, 0.4) is 0 Å². The van der Waals surface area contributed by atoms with Crippen molar-refractivity contribution < 1.29 is 8.42 Å². The fourth-order valence-electron chi connectivity index (χ4n) is 1.68. The molecule has 0 radical (unpaired) electrons. The SMILES string of the molecule is O=c1ccc(S(=O)(=O)Nc2c(Cl)ccc3nsnc23)c[nH]1. The number of nitrogens with one attached hydrogen (secondary N) is 2. The second-order valence-corrected chi connectivity index (χ2v) is 6.67. The van der Waals surface area contributed by atoms with Gasteiger partial charge in [0.1, 0.15) is 15.9 Å². The van der Waals surface area contributed by atoms with Crippen LogP contribution in [-0.2, 0) is 10.0 Å². The third-order valence-corrected chi connectivity index (χ3v) is 4.88. The van der Waals surface area contributed by atoms with E-state index in [-0.39, 0.29) is 15.6 Å². The highest BCUT2D eigenvalue weighted by Crippen LogP contribution is 2.31. The molecule has 0 spiro atoms. The predicted octanol–water partition coefficient (Wildman–Crippen LogP) is 1.83. The third kappa shape index (κ3) is 2.62. The van der Waals surface area contributed by atoms with Crippen molar-refractivity contribution in [1.82, 2.24) is 13.7 Å². The normalized spacial score (nSPS) is 11.7. The molecular formula is C11H7ClN4O3S2. The van der Waals surface area contributed by atoms with Crippen LogP contribution >= 0.6 is 23.3 Å². The summed E-state index contributed by atoms with van der Waals surface area (Å²) in [6.45, 7) is 0. The lowest BCUT2D eigenvalue weighted by atomic mass is 10.3. The molecule has 2 N–H and O–H groups in total. The number of H-pyrrole nitrogens is 1. The van der Waals surface area contributed by atoms with Gasteiger partial charge >= 0.3 is 0 Å². The summed E-state index contributed by atoms with van der Waals surface area (Å²) >= 11 is 6.99. The minimum Gasteiger partial charge on any atom is -0.328 e. The summed E-state index contributed by atoms with van der Waals surface area (Å²) in [5, 5.41) is 0.211. The molecule has 7 nitrogen and oxygen atoms in total. The van der Waals surface area contributed by atoms with E-state index in [9.17, 15) is 13.2 Å². The Balaban J connectivity index is 2.09. The number of nitrogens with zero attached hydrogens (tertiary/aromatic N) is 2. The van der Waals surface area contributed by atoms with Crippen molar-refractivity contribution in [3.05, 3.63) is 45.8 Å². The second-order valence-electron chi connectivity index (χ2n) is 4.05. The van der Waals surface area contributed by atoms with E-state index in [2.05, 4.69) is 18.5 Å². The quantitative estimate of drug-likeness (QED) is 0.755. The van der Waals surface area contributed by atoms with Gasteiger partial charge in [0, 0.05) is 12.3 Å². The third-order valence-electron chi connectivity index (χ3n) is 2.68. The van der Waals surface area contributed by atoms with E-state index in [0.717, 1.165) is 24.0 Å². The van der Waals surface area contributed by atoms with E-state index in [1.165, 1.54) is 12.1 Å². The Hall–Kier alpha value is -1.97. The lowest BCUT2D eigenvalue weighted by molar-refractivity contribution is 0.601. The first-order valence-electron chi connectivity index (χ1n) is 5.60. The topological polar surface area (TPSA) is 105 Å². The van der Waals surface area contributed by atoms with Crippen LogP contribution in [0.2, 0.25) is 5.02 Å². The Morgan fingerprint density at radius 3 is 2.71 bits per heavy atom. The zero-order chi connectivity index (χ0) is 15.0. The molecule has 0 unspecified atom stereocenters. The van der Waals surface area contributed by atoms with Crippen LogP contribution in [0.4, 0.5) is 5.69 Å². The fraction of sp³-hybridized carbons (Fsp3) is 0. The van der Waals surface area contributed by atoms with Crippen molar-refractivity contribution in [2.45, 2.75) is 4.90 Å². The molecule has 0 bridgehead atoms. The summed E-state index contributed by atoms with van der Waals surface area (Å²) < 4.78 is 35.0. The molecule has 108 valence electrons. The number of benzene rings is 1. The van der Waals surface area contributed by atoms with Crippen LogP contribution in [0.1, 0.15) is 0 Å². The van der Waals surface area contributed by atoms with Gasteiger partial charge in [-0.2, -0.15) is 8.75 Å². The zero-order valence-electron chi connectivity index (χ0n) is 10.2. The first-order valence-corrected chi connectivity index (χ1v) is 8.19. The highest BCUT2D eigenvalue weighted by atomic mass is 35.5. The summed E-state index contributed by atoms with van der Waals surface area (Å²) in [7, 11) is -3.89. The summed E-state index contributed by atoms with van der Waals surface area (Å²) in [6.07, 6.45) is 1.11. The highest BCUT2D eigenvalue weighted by Gasteiger charge is 2.19. The maximum Gasteiger partial charge on any atom is 0.263 e. The Bertz CT molecular complexity index is 960. The molecule has 10 heteroatoms. The fourth-order valence-corrected chi connectivity index (χ4v) is 3.53. The maximum absolute atomic E-state index is 12.3. The molecule has 0 aliphatic carbocycles. The molecule has 2 aromatic heterocycles. The van der Waals surface area contributed by atoms with E-state index in [1.54, 1.807) is 6.07 Å². The molecule has 0 aliphatic heterocycles. The van der Waals surface area contributed by atoms with Crippen LogP contribution in [0.25, 0.3) is 11.0 Å². The molecule has 0 saturated carbocycles. The molecular weight excluding hydrogens is 336 g/mol. The number of aromatic amines is 1. The second kappa shape index (κ2) is 5.10. The van der Waals surface area contributed by atoms with Crippen LogP contribution in [0.15, 0.2) is 40.2 Å². The number of fused-ring (bicyclic) bond motifs is 1. The molecule has 3 rings (SSSR count). The molecule has 0 amide bonds. The standard InChI is InChI=1S/C11H7ClN4O3S2/c12-7-2-3-8-11(15-20-14-8)10(7)16-21(18,19)6-1-4-9(17)13-5-6/h1-5,16H,(H,13,17). The molecule has 0 aliphatic rings. The largest absolute Gasteiger partial charge is 0.328 e. The molecule has 3 aromatic rings. The zero-order valence-corrected chi connectivity index (χ0v) is 12.6. The Kier molecular flexibility index (Phi) is 3.40. The minimum absolute atomic E-state index is 0.0849. The molecule has 1 aromatic carbocycles. The Labute approximate surface area is 128 Å². The van der Waals surface area contributed by atoms with Crippen molar-refractivity contribution in [2.75, 3.05) is 4.72 Å². The molecule has 0 saturated heterocycles. The van der Waals surface area contributed by atoms with Crippen molar-refractivity contribution in [3.63, 3.8) is 0 Å². The summed E-state index contributed by atoms with van der Waals surface area (Å²) in [5.74, 6) is 0. The molecule has 2 heterocycles. The van der Waals surface area contributed by atoms with Crippen molar-refractivity contribution in [2.24, 2.45) is 0 Å². The number of aromatic nitrogens is 3. The van der Waals surface area contributed by atoms with Gasteiger partial charge in [-0.1, -0.05) is 11.6 Å². The summed E-state index contributed by atoms with van der Waals surface area (Å²) in [6, 6.07) is 5.52. The van der Waals surface area contributed by atoms with Gasteiger partial charge in [0.25, 0.3) is 10.0 Å². The van der Waals surface area contributed by atoms with Crippen molar-refractivity contribution in [1.29, 1.82) is 0 Å². The van der Waals surface area contributed by atoms with Crippen molar-refractivity contribution in [3.8, 4) is 0 Å². The first kappa shape index (κ1) is 14.0. The number of hydrogen-bond acceptors (Lipinski definition) is 6. The van der Waals surface area contributed by atoms with E-state index in [0.29, 0.717) is 11.0 Å². The maximum atomic E-state index is 12.3. The average molecular weight is 343 g/mol. The van der Waals surface area contributed by atoms with Gasteiger partial charge in [0.05, 0.1) is 22.4 Å². The molecule has 0 fully saturated rings. The molecule has 0 atom stereocenters. The van der Waals surface area contributed by atoms with Gasteiger partial charge in [-0.05, 0) is 18.2 Å². The first-order chi connectivity index (χ1) is 9.97. The number of hydrogen-bond donors (Lipinski definition) is 2. The predicted molar refractivity (Wildman–Crippen MR) is 80.3 cm³/mol. The Morgan fingerprint density at radius 1 is 1.19 bits per heavy atom. The van der Waals surface area contributed by atoms with Crippen LogP contribution in [0, 0.1) is 0 Å². The number of sulfonamides is 1. The lowest BCUT2D eigenvalue weighted by Crippen LogP contribution is -2.15. The van der Waals surface area contributed by atoms with Gasteiger partial charge in [-0.25, -0.2) is 8.42 Å². The van der Waals surface area contributed by atoms with Crippen LogP contribution in [-0.4, -0.2) is 22.1 Å². The average Bonchev–Trinajstić information content (AvgIpc) is 2.91. The summed E-state index contributed by atoms with van der Waals surface area (Å²) in [4.78, 5) is 13.2. The smallest absolute Gasteiger partial charge is 0.263 e. The van der Waals surface area contributed by atoms with Gasteiger partial charge in [0.15, 0.2) is 0 Å². The van der Waals surface area contributed by atoms with Gasteiger partial charge in [0.2, 0.25) is 5.56 Å². The Morgan fingerprint density at radius 2 is 2.00 bits per heavy atom. The van der Waals surface area contributed by atoms with Gasteiger partial charge < -0.3 is 4.98 Å². The van der Waals surface area contributed by atoms with E-state index >= 15 is 0 Å². The number of anilines is 1. The van der Waals surface area contributed by atoms with Crippen molar-refractivity contribution >= 4 is 50.1 Å². The highest BCUT2D eigenvalue weighted by molar-refractivity contribution is 7.92. The van der Waals surface area contributed by atoms with Crippen LogP contribution < -0.4 is 10.3 Å². The van der Waals surface area contributed by atoms with Crippen LogP contribution in [0.5, 0.6) is 0 Å². The molecule has 21 heavy (non-hydrogen) atoms. The monoisotopic (exact) mass is 342 g/mol. The van der Waals surface area contributed by atoms with E-state index < -0.39 is 15.6 Å². The number of rotatable bonds is 3. The minimum atomic E-state index is -3.89. The van der Waals surface area contributed by atoms with Gasteiger partial charge in [-0.15, -0.1) is 0 Å². The van der Waals surface area contributed by atoms with E-state index in [4.69, 9.17) is 11.6 Å².